The molecule has 0 radical (unpaired) electrons. The van der Waals surface area contributed by atoms with Gasteiger partial charge in [0.2, 0.25) is 0 Å². The molecule has 0 aromatic carbocycles. The molecule has 0 aromatic heterocycles. The fourth-order valence-corrected chi connectivity index (χ4v) is 1.21. The number of nitrogens with zero attached hydrogens (tertiary/aromatic N) is 2. The van der Waals surface area contributed by atoms with Crippen LogP contribution in [-0.2, 0) is 14.3 Å². The summed E-state index contributed by atoms with van der Waals surface area (Å²) in [6.45, 7) is -0.299. The van der Waals surface area contributed by atoms with E-state index in [2.05, 4.69) is 9.73 Å². The molecule has 0 aromatic rings. The summed E-state index contributed by atoms with van der Waals surface area (Å²) in [6, 6.07) is -1.16. The van der Waals surface area contributed by atoms with Crippen molar-refractivity contribution in [3.05, 3.63) is 5.21 Å². The van der Waals surface area contributed by atoms with E-state index in [0.717, 1.165) is 6.34 Å². The fourth-order valence-electron chi connectivity index (χ4n) is 1.21. The molecule has 4 N–H and O–H groups in total. The number of esters is 1. The van der Waals surface area contributed by atoms with Gasteiger partial charge in [0.05, 0.1) is 13.1 Å². The zero-order valence-corrected chi connectivity index (χ0v) is 8.67. The van der Waals surface area contributed by atoms with Crippen LogP contribution in [0.25, 0.3) is 0 Å². The molecule has 90 valence electrons. The second-order valence-electron chi connectivity index (χ2n) is 3.37. The van der Waals surface area contributed by atoms with E-state index in [9.17, 15) is 14.8 Å². The number of quaternary nitrogens is 1. The summed E-state index contributed by atoms with van der Waals surface area (Å²) in [5.74, 6) is -1.44. The molecular formula is C8H14N4O4. The average Bonchev–Trinajstić information content (AvgIpc) is 2.72. The Morgan fingerprint density at radius 2 is 2.31 bits per heavy atom. The van der Waals surface area contributed by atoms with Crippen LogP contribution < -0.4 is 11.5 Å². The van der Waals surface area contributed by atoms with Crippen molar-refractivity contribution in [2.75, 3.05) is 26.2 Å². The summed E-state index contributed by atoms with van der Waals surface area (Å²) in [5.41, 5.74) is 10.4. The van der Waals surface area contributed by atoms with E-state index in [4.69, 9.17) is 11.5 Å². The van der Waals surface area contributed by atoms with Crippen LogP contribution in [0.15, 0.2) is 4.99 Å². The molecule has 0 saturated heterocycles. The molecule has 16 heavy (non-hydrogen) atoms. The van der Waals surface area contributed by atoms with Gasteiger partial charge >= 0.3 is 11.9 Å². The molecule has 8 nitrogen and oxygen atoms in total. The van der Waals surface area contributed by atoms with Crippen molar-refractivity contribution < 1.29 is 19.0 Å². The highest BCUT2D eigenvalue weighted by atomic mass is 16.6. The molecule has 0 spiro atoms. The number of carbonyl (C=O) groups excluding carboxylic acids is 2. The van der Waals surface area contributed by atoms with Crippen LogP contribution in [0, 0.1) is 5.21 Å². The van der Waals surface area contributed by atoms with Crippen molar-refractivity contribution in [1.29, 1.82) is 0 Å². The van der Waals surface area contributed by atoms with Crippen molar-refractivity contribution in [3.8, 4) is 0 Å². The highest BCUT2D eigenvalue weighted by Crippen LogP contribution is 2.09. The monoisotopic (exact) mass is 230 g/mol. The van der Waals surface area contributed by atoms with Gasteiger partial charge < -0.3 is 21.4 Å². The molecule has 1 unspecified atom stereocenters. The number of hydrogen-bond donors (Lipinski definition) is 2. The quantitative estimate of drug-likeness (QED) is 0.317. The minimum Gasteiger partial charge on any atom is -0.619 e. The summed E-state index contributed by atoms with van der Waals surface area (Å²) in [7, 11) is 0. The fraction of sp³-hybridized carbons (Fsp3) is 0.625. The number of hydroxylamine groups is 3. The number of nitrogens with two attached hydrogens (primary N) is 2. The molecule has 1 heterocycles. The third-order valence-corrected chi connectivity index (χ3v) is 2.11. The number of carbonyl (C=O) groups is 2. The normalized spacial score (nSPS) is 25.4. The Balaban J connectivity index is 2.48. The molecule has 0 bridgehead atoms. The van der Waals surface area contributed by atoms with Crippen LogP contribution in [0.3, 0.4) is 0 Å². The Morgan fingerprint density at radius 3 is 2.81 bits per heavy atom. The van der Waals surface area contributed by atoms with Gasteiger partial charge in [-0.25, -0.2) is 9.79 Å². The van der Waals surface area contributed by atoms with Crippen LogP contribution in [-0.4, -0.2) is 55.1 Å². The van der Waals surface area contributed by atoms with E-state index in [0.29, 0.717) is 6.54 Å². The highest BCUT2D eigenvalue weighted by Gasteiger charge is 2.34. The second kappa shape index (κ2) is 5.12. The standard InChI is InChI=1S/C8H14N4O4/c9-3-7(13)16-4-6(10)8(14)12(15)2-1-11-5-12/h5-6H,1-4,9-10H2/t6-,12?/m0/s1. The van der Waals surface area contributed by atoms with Gasteiger partial charge in [0.15, 0.2) is 12.4 Å². The minimum absolute atomic E-state index is 0.0391. The summed E-state index contributed by atoms with van der Waals surface area (Å²) in [5, 5.41) is 11.8. The van der Waals surface area contributed by atoms with Gasteiger partial charge in [-0.05, 0) is 0 Å². The molecule has 1 rings (SSSR count). The van der Waals surface area contributed by atoms with E-state index in [1.807, 2.05) is 0 Å². The number of hydrogen-bond acceptors (Lipinski definition) is 7. The van der Waals surface area contributed by atoms with E-state index >= 15 is 0 Å². The van der Waals surface area contributed by atoms with Crippen LogP contribution in [0.5, 0.6) is 0 Å². The second-order valence-corrected chi connectivity index (χ2v) is 3.37. The van der Waals surface area contributed by atoms with E-state index < -0.39 is 22.6 Å². The largest absolute Gasteiger partial charge is 0.619 e. The molecule has 0 saturated carbocycles. The summed E-state index contributed by atoms with van der Waals surface area (Å²) < 4.78 is 3.38. The van der Waals surface area contributed by atoms with Crippen molar-refractivity contribution in [3.63, 3.8) is 0 Å². The van der Waals surface area contributed by atoms with Crippen molar-refractivity contribution in [2.24, 2.45) is 16.5 Å². The number of rotatable bonds is 4. The summed E-state index contributed by atoms with van der Waals surface area (Å²) >= 11 is 0. The van der Waals surface area contributed by atoms with Gasteiger partial charge in [0, 0.05) is 0 Å². The lowest BCUT2D eigenvalue weighted by Crippen LogP contribution is -2.55. The first kappa shape index (κ1) is 12.7. The van der Waals surface area contributed by atoms with Gasteiger partial charge in [0.1, 0.15) is 13.2 Å². The maximum atomic E-state index is 11.8. The molecule has 0 aliphatic carbocycles. The lowest BCUT2D eigenvalue weighted by molar-refractivity contribution is -0.694. The third kappa shape index (κ3) is 2.83. The zero-order valence-electron chi connectivity index (χ0n) is 8.67. The molecule has 1 amide bonds. The van der Waals surface area contributed by atoms with Crippen LogP contribution in [0.2, 0.25) is 0 Å². The average molecular weight is 230 g/mol. The SMILES string of the molecule is NCC(=O)OC[C@H](N)C(=O)[N+]1([O-])C=NCC1. The predicted molar refractivity (Wildman–Crippen MR) is 54.8 cm³/mol. The van der Waals surface area contributed by atoms with Crippen molar-refractivity contribution in [2.45, 2.75) is 6.04 Å². The topological polar surface area (TPSA) is 131 Å². The van der Waals surface area contributed by atoms with Gasteiger partial charge in [-0.3, -0.25) is 9.44 Å². The van der Waals surface area contributed by atoms with Crippen LogP contribution in [0.1, 0.15) is 0 Å². The molecule has 1 aliphatic heterocycles. The number of ether oxygens (including phenoxy) is 1. The van der Waals surface area contributed by atoms with Crippen LogP contribution in [0.4, 0.5) is 0 Å². The van der Waals surface area contributed by atoms with E-state index in [1.165, 1.54) is 0 Å². The first-order chi connectivity index (χ1) is 7.49. The summed E-state index contributed by atoms with van der Waals surface area (Å²) in [4.78, 5) is 26.0. The predicted octanol–water partition coefficient (Wildman–Crippen LogP) is -2.30. The smallest absolute Gasteiger partial charge is 0.339 e. The number of amides is 1. The van der Waals surface area contributed by atoms with E-state index in [-0.39, 0.29) is 19.7 Å². The Morgan fingerprint density at radius 1 is 1.62 bits per heavy atom. The molecule has 0 fully saturated rings. The summed E-state index contributed by atoms with van der Waals surface area (Å²) in [6.07, 6.45) is 1.01. The Labute approximate surface area is 92.0 Å². The van der Waals surface area contributed by atoms with Gasteiger partial charge in [-0.15, -0.1) is 0 Å². The first-order valence-corrected chi connectivity index (χ1v) is 4.75. The van der Waals surface area contributed by atoms with Gasteiger partial charge in [-0.1, -0.05) is 0 Å². The first-order valence-electron chi connectivity index (χ1n) is 4.75. The lowest BCUT2D eigenvalue weighted by Gasteiger charge is -2.32. The maximum Gasteiger partial charge on any atom is 0.339 e. The van der Waals surface area contributed by atoms with Crippen molar-refractivity contribution in [1.82, 2.24) is 0 Å². The molecule has 2 atom stereocenters. The molecule has 1 aliphatic rings. The highest BCUT2D eigenvalue weighted by molar-refractivity contribution is 5.83. The van der Waals surface area contributed by atoms with Crippen LogP contribution >= 0.6 is 0 Å². The number of aliphatic imine (C=N–C) groups is 1. The Hall–Kier alpha value is -1.35. The Bertz CT molecular complexity index is 319. The van der Waals surface area contributed by atoms with Gasteiger partial charge in [-0.2, -0.15) is 0 Å². The minimum atomic E-state index is -1.19. The Kier molecular flexibility index (Phi) is 4.07. The lowest BCUT2D eigenvalue weighted by atomic mass is 10.3. The zero-order chi connectivity index (χ0) is 12.2. The molecule has 8 heteroatoms. The van der Waals surface area contributed by atoms with Crippen molar-refractivity contribution >= 4 is 18.2 Å². The molecular weight excluding hydrogens is 216 g/mol. The van der Waals surface area contributed by atoms with Gasteiger partial charge in [0.25, 0.3) is 0 Å². The van der Waals surface area contributed by atoms with E-state index in [1.54, 1.807) is 0 Å². The maximum absolute atomic E-state index is 11.8. The third-order valence-electron chi connectivity index (χ3n) is 2.11.